The van der Waals surface area contributed by atoms with Gasteiger partial charge in [-0.2, -0.15) is 4.31 Å². The van der Waals surface area contributed by atoms with E-state index >= 15 is 0 Å². The van der Waals surface area contributed by atoms with Gasteiger partial charge in [-0.25, -0.2) is 17.2 Å². The van der Waals surface area contributed by atoms with Crippen LogP contribution in [-0.2, 0) is 14.8 Å². The Morgan fingerprint density at radius 2 is 1.72 bits per heavy atom. The topological polar surface area (TPSA) is 57.7 Å². The predicted octanol–water partition coefficient (Wildman–Crippen LogP) is 2.38. The molecule has 0 spiro atoms. The summed E-state index contributed by atoms with van der Waals surface area (Å²) >= 11 is 0. The molecule has 5 nitrogen and oxygen atoms in total. The van der Waals surface area contributed by atoms with E-state index in [4.69, 9.17) is 0 Å². The van der Waals surface area contributed by atoms with E-state index in [0.717, 1.165) is 29.3 Å². The van der Waals surface area contributed by atoms with E-state index in [1.54, 1.807) is 4.90 Å². The Kier molecular flexibility index (Phi) is 5.38. The second-order valence-corrected chi connectivity index (χ2v) is 8.62. The van der Waals surface area contributed by atoms with Gasteiger partial charge >= 0.3 is 0 Å². The minimum absolute atomic E-state index is 0.0564. The van der Waals surface area contributed by atoms with Gasteiger partial charge in [0, 0.05) is 32.6 Å². The molecule has 0 bridgehead atoms. The zero-order valence-corrected chi connectivity index (χ0v) is 14.8. The number of sulfonamides is 1. The van der Waals surface area contributed by atoms with Gasteiger partial charge in [-0.05, 0) is 37.0 Å². The first-order valence-corrected chi connectivity index (χ1v) is 10.0. The van der Waals surface area contributed by atoms with Crippen LogP contribution in [0.5, 0.6) is 0 Å². The van der Waals surface area contributed by atoms with Gasteiger partial charge in [-0.15, -0.1) is 0 Å². The lowest BCUT2D eigenvalue weighted by Gasteiger charge is -2.34. The first-order valence-electron chi connectivity index (χ1n) is 8.61. The summed E-state index contributed by atoms with van der Waals surface area (Å²) < 4.78 is 53.3. The van der Waals surface area contributed by atoms with Gasteiger partial charge < -0.3 is 4.90 Å². The third-order valence-electron chi connectivity index (χ3n) is 5.04. The zero-order chi connectivity index (χ0) is 18.0. The second-order valence-electron chi connectivity index (χ2n) is 6.71. The maximum atomic E-state index is 13.8. The first kappa shape index (κ1) is 18.3. The molecule has 25 heavy (non-hydrogen) atoms. The van der Waals surface area contributed by atoms with Crippen molar-refractivity contribution in [1.82, 2.24) is 9.21 Å². The number of carbonyl (C=O) groups excluding carboxylic acids is 1. The van der Waals surface area contributed by atoms with Crippen LogP contribution in [0.3, 0.4) is 0 Å². The third-order valence-corrected chi connectivity index (χ3v) is 6.95. The fraction of sp³-hybridized carbons (Fsp3) is 0.588. The molecule has 0 N–H and O–H groups in total. The molecule has 1 saturated carbocycles. The highest BCUT2D eigenvalue weighted by atomic mass is 32.2. The molecule has 3 rings (SSSR count). The van der Waals surface area contributed by atoms with Crippen molar-refractivity contribution in [3.8, 4) is 0 Å². The van der Waals surface area contributed by atoms with E-state index in [-0.39, 0.29) is 32.1 Å². The molecule has 1 saturated heterocycles. The van der Waals surface area contributed by atoms with Crippen molar-refractivity contribution in [1.29, 1.82) is 0 Å². The van der Waals surface area contributed by atoms with Crippen molar-refractivity contribution in [3.63, 3.8) is 0 Å². The van der Waals surface area contributed by atoms with Crippen LogP contribution in [0, 0.1) is 17.6 Å². The summed E-state index contributed by atoms with van der Waals surface area (Å²) in [6.45, 7) is 0.743. The number of piperazine rings is 1. The molecular formula is C17H22F2N2O3S. The first-order chi connectivity index (χ1) is 11.9. The van der Waals surface area contributed by atoms with Crippen LogP contribution < -0.4 is 0 Å². The van der Waals surface area contributed by atoms with E-state index < -0.39 is 26.6 Å². The lowest BCUT2D eigenvalue weighted by atomic mass is 10.0. The minimum Gasteiger partial charge on any atom is -0.340 e. The largest absolute Gasteiger partial charge is 0.340 e. The highest BCUT2D eigenvalue weighted by Gasteiger charge is 2.32. The minimum atomic E-state index is -4.11. The maximum Gasteiger partial charge on any atom is 0.246 e. The van der Waals surface area contributed by atoms with Crippen LogP contribution in [-0.4, -0.2) is 49.7 Å². The third kappa shape index (κ3) is 4.00. The molecule has 138 valence electrons. The number of hydrogen-bond acceptors (Lipinski definition) is 3. The van der Waals surface area contributed by atoms with Gasteiger partial charge in [-0.1, -0.05) is 12.8 Å². The van der Waals surface area contributed by atoms with E-state index in [1.165, 1.54) is 12.8 Å². The molecule has 1 aliphatic carbocycles. The van der Waals surface area contributed by atoms with Crippen LogP contribution in [0.25, 0.3) is 0 Å². The molecule has 2 aliphatic rings. The summed E-state index contributed by atoms with van der Waals surface area (Å²) in [5, 5.41) is 0. The number of hydrogen-bond donors (Lipinski definition) is 0. The number of carbonyl (C=O) groups is 1. The molecule has 0 atom stereocenters. The van der Waals surface area contributed by atoms with Gasteiger partial charge in [0.05, 0.1) is 0 Å². The lowest BCUT2D eigenvalue weighted by molar-refractivity contribution is -0.133. The maximum absolute atomic E-state index is 13.8. The standard InChI is InChI=1S/C17H22F2N2O3S/c18-14-5-6-15(19)16(12-14)25(23,24)21-9-7-20(8-10-21)17(22)11-13-3-1-2-4-13/h5-6,12-13H,1-4,7-11H2. The summed E-state index contributed by atoms with van der Waals surface area (Å²) in [6.07, 6.45) is 5.02. The van der Waals surface area contributed by atoms with Gasteiger partial charge in [0.1, 0.15) is 16.5 Å². The van der Waals surface area contributed by atoms with Crippen molar-refractivity contribution < 1.29 is 22.0 Å². The Labute approximate surface area is 146 Å². The summed E-state index contributed by atoms with van der Waals surface area (Å²) in [5.74, 6) is -1.27. The number of rotatable bonds is 4. The number of amides is 1. The van der Waals surface area contributed by atoms with E-state index in [9.17, 15) is 22.0 Å². The van der Waals surface area contributed by atoms with E-state index in [1.807, 2.05) is 0 Å². The van der Waals surface area contributed by atoms with Crippen LogP contribution >= 0.6 is 0 Å². The van der Waals surface area contributed by atoms with Crippen LogP contribution in [0.2, 0.25) is 0 Å². The molecule has 0 aromatic heterocycles. The lowest BCUT2D eigenvalue weighted by Crippen LogP contribution is -2.50. The molecule has 1 aromatic rings. The van der Waals surface area contributed by atoms with Crippen molar-refractivity contribution in [3.05, 3.63) is 29.8 Å². The van der Waals surface area contributed by atoms with Gasteiger partial charge in [0.2, 0.25) is 15.9 Å². The summed E-state index contributed by atoms with van der Waals surface area (Å²) in [4.78, 5) is 13.3. The summed E-state index contributed by atoms with van der Waals surface area (Å²) in [5.41, 5.74) is 0. The second kappa shape index (κ2) is 7.37. The molecule has 1 heterocycles. The van der Waals surface area contributed by atoms with Crippen molar-refractivity contribution >= 4 is 15.9 Å². The van der Waals surface area contributed by atoms with Crippen molar-refractivity contribution in [2.45, 2.75) is 37.0 Å². The molecular weight excluding hydrogens is 350 g/mol. The Morgan fingerprint density at radius 1 is 1.08 bits per heavy atom. The number of nitrogens with zero attached hydrogens (tertiary/aromatic N) is 2. The SMILES string of the molecule is O=C(CC1CCCC1)N1CCN(S(=O)(=O)c2cc(F)ccc2F)CC1. The molecule has 2 fully saturated rings. The van der Waals surface area contributed by atoms with Gasteiger partial charge in [-0.3, -0.25) is 4.79 Å². The van der Waals surface area contributed by atoms with Crippen LogP contribution in [0.15, 0.2) is 23.1 Å². The Bertz CT molecular complexity index is 740. The predicted molar refractivity (Wildman–Crippen MR) is 88.3 cm³/mol. The Morgan fingerprint density at radius 3 is 2.36 bits per heavy atom. The molecule has 1 aromatic carbocycles. The molecule has 0 unspecified atom stereocenters. The van der Waals surface area contributed by atoms with Gasteiger partial charge in [0.15, 0.2) is 0 Å². The highest BCUT2D eigenvalue weighted by molar-refractivity contribution is 7.89. The Balaban J connectivity index is 1.63. The fourth-order valence-corrected chi connectivity index (χ4v) is 5.08. The molecule has 8 heteroatoms. The number of benzene rings is 1. The monoisotopic (exact) mass is 372 g/mol. The van der Waals surface area contributed by atoms with E-state index in [0.29, 0.717) is 18.4 Å². The average molecular weight is 372 g/mol. The van der Waals surface area contributed by atoms with E-state index in [2.05, 4.69) is 0 Å². The smallest absolute Gasteiger partial charge is 0.246 e. The molecule has 1 aliphatic heterocycles. The molecule has 1 amide bonds. The zero-order valence-electron chi connectivity index (χ0n) is 14.0. The Hall–Kier alpha value is -1.54. The number of halogens is 2. The highest BCUT2D eigenvalue weighted by Crippen LogP contribution is 2.28. The van der Waals surface area contributed by atoms with Gasteiger partial charge in [0.25, 0.3) is 0 Å². The van der Waals surface area contributed by atoms with Crippen molar-refractivity contribution in [2.24, 2.45) is 5.92 Å². The molecule has 0 radical (unpaired) electrons. The summed E-state index contributed by atoms with van der Waals surface area (Å²) in [7, 11) is -4.11. The van der Waals surface area contributed by atoms with Crippen molar-refractivity contribution in [2.75, 3.05) is 26.2 Å². The normalized spacial score (nSPS) is 20.2. The fourth-order valence-electron chi connectivity index (χ4n) is 3.58. The summed E-state index contributed by atoms with van der Waals surface area (Å²) in [6, 6.07) is 2.39. The van der Waals surface area contributed by atoms with Crippen LogP contribution in [0.4, 0.5) is 8.78 Å². The van der Waals surface area contributed by atoms with Crippen LogP contribution in [0.1, 0.15) is 32.1 Å². The quantitative estimate of drug-likeness (QED) is 0.815. The average Bonchev–Trinajstić information content (AvgIpc) is 3.10.